The van der Waals surface area contributed by atoms with Gasteiger partial charge in [0.25, 0.3) is 0 Å². The minimum absolute atomic E-state index is 0.0347. The summed E-state index contributed by atoms with van der Waals surface area (Å²) in [6.45, 7) is -0.825. The van der Waals surface area contributed by atoms with Crippen LogP contribution in [-0.2, 0) is 14.3 Å². The maximum Gasteiger partial charge on any atom is 0.407 e. The lowest BCUT2D eigenvalue weighted by Crippen LogP contribution is -2.46. The number of amides is 2. The molecule has 0 saturated heterocycles. The largest absolute Gasteiger partial charge is 0.481 e. The van der Waals surface area contributed by atoms with Crippen LogP contribution in [0.3, 0.4) is 0 Å². The molecule has 0 radical (unpaired) electrons. The minimum atomic E-state index is -4.94. The number of carbonyl (C=O) groups is 3. The number of carboxylic acid groups (broad SMARTS) is 1. The van der Waals surface area contributed by atoms with Crippen LogP contribution in [0.5, 0.6) is 0 Å². The van der Waals surface area contributed by atoms with Gasteiger partial charge in [0.1, 0.15) is 6.61 Å². The number of halogens is 3. The molecule has 2 aliphatic rings. The maximum absolute atomic E-state index is 12.7. The summed E-state index contributed by atoms with van der Waals surface area (Å²) >= 11 is 0. The van der Waals surface area contributed by atoms with Crippen molar-refractivity contribution in [2.45, 2.75) is 37.4 Å². The molecule has 4 rings (SSSR count). The number of aliphatic carboxylic acids is 1. The second kappa shape index (κ2) is 9.97. The second-order valence-electron chi connectivity index (χ2n) is 8.94. The number of hydrogen-bond acceptors (Lipinski definition) is 4. The van der Waals surface area contributed by atoms with Gasteiger partial charge < -0.3 is 20.5 Å². The Morgan fingerprint density at radius 3 is 2.11 bits per heavy atom. The van der Waals surface area contributed by atoms with Gasteiger partial charge in [-0.2, -0.15) is 13.2 Å². The highest BCUT2D eigenvalue weighted by molar-refractivity contribution is 5.79. The van der Waals surface area contributed by atoms with Gasteiger partial charge in [-0.15, -0.1) is 0 Å². The summed E-state index contributed by atoms with van der Waals surface area (Å²) < 4.78 is 43.5. The van der Waals surface area contributed by atoms with E-state index in [1.165, 1.54) is 0 Å². The first-order valence-electron chi connectivity index (χ1n) is 11.3. The van der Waals surface area contributed by atoms with Crippen molar-refractivity contribution in [1.82, 2.24) is 10.6 Å². The van der Waals surface area contributed by atoms with E-state index in [1.54, 1.807) is 0 Å². The second-order valence-corrected chi connectivity index (χ2v) is 8.94. The van der Waals surface area contributed by atoms with Crippen LogP contribution in [-0.4, -0.2) is 48.4 Å². The van der Waals surface area contributed by atoms with Crippen LogP contribution < -0.4 is 10.6 Å². The Morgan fingerprint density at radius 2 is 1.57 bits per heavy atom. The number of rotatable bonds is 8. The molecule has 0 spiro atoms. The van der Waals surface area contributed by atoms with Crippen molar-refractivity contribution in [2.75, 3.05) is 13.2 Å². The number of alkyl halides is 3. The van der Waals surface area contributed by atoms with Crippen molar-refractivity contribution >= 4 is 18.0 Å². The van der Waals surface area contributed by atoms with Gasteiger partial charge in [0.2, 0.25) is 5.91 Å². The predicted molar refractivity (Wildman–Crippen MR) is 120 cm³/mol. The highest BCUT2D eigenvalue weighted by atomic mass is 19.4. The van der Waals surface area contributed by atoms with Crippen molar-refractivity contribution in [2.24, 2.45) is 11.8 Å². The molecular weight excluding hydrogens is 465 g/mol. The molecule has 0 bridgehead atoms. The molecule has 0 heterocycles. The maximum atomic E-state index is 12.7. The van der Waals surface area contributed by atoms with Crippen molar-refractivity contribution in [3.63, 3.8) is 0 Å². The van der Waals surface area contributed by atoms with E-state index in [-0.39, 0.29) is 30.9 Å². The lowest BCUT2D eigenvalue weighted by molar-refractivity contribution is -0.192. The van der Waals surface area contributed by atoms with Gasteiger partial charge in [-0.05, 0) is 41.0 Å². The van der Waals surface area contributed by atoms with Crippen molar-refractivity contribution in [3.8, 4) is 11.1 Å². The van der Waals surface area contributed by atoms with E-state index in [9.17, 15) is 27.6 Å². The van der Waals surface area contributed by atoms with Gasteiger partial charge in [-0.1, -0.05) is 48.5 Å². The Labute approximate surface area is 199 Å². The van der Waals surface area contributed by atoms with Crippen LogP contribution in [0.15, 0.2) is 48.5 Å². The molecule has 3 N–H and O–H groups in total. The van der Waals surface area contributed by atoms with E-state index in [1.807, 2.05) is 53.8 Å². The fourth-order valence-electron chi connectivity index (χ4n) is 4.72. The van der Waals surface area contributed by atoms with Crippen LogP contribution in [0.25, 0.3) is 11.1 Å². The van der Waals surface area contributed by atoms with Crippen molar-refractivity contribution < 1.29 is 37.4 Å². The predicted octanol–water partition coefficient (Wildman–Crippen LogP) is 4.07. The number of ether oxygens (including phenoxy) is 1. The van der Waals surface area contributed by atoms with Gasteiger partial charge in [0, 0.05) is 24.9 Å². The number of nitrogens with one attached hydrogen (secondary N) is 2. The zero-order chi connectivity index (χ0) is 25.2. The molecule has 1 saturated carbocycles. The Balaban J connectivity index is 1.19. The highest BCUT2D eigenvalue weighted by Gasteiger charge is 2.45. The third kappa shape index (κ3) is 5.58. The molecule has 2 aliphatic carbocycles. The first-order chi connectivity index (χ1) is 16.6. The van der Waals surface area contributed by atoms with E-state index >= 15 is 0 Å². The van der Waals surface area contributed by atoms with E-state index in [4.69, 9.17) is 9.84 Å². The summed E-state index contributed by atoms with van der Waals surface area (Å²) in [5.74, 6) is -5.49. The van der Waals surface area contributed by atoms with Crippen LogP contribution in [0.4, 0.5) is 18.0 Å². The summed E-state index contributed by atoms with van der Waals surface area (Å²) in [4.78, 5) is 34.9. The number of benzene rings is 2. The highest BCUT2D eigenvalue weighted by Crippen LogP contribution is 2.44. The van der Waals surface area contributed by atoms with E-state index < -0.39 is 36.6 Å². The molecule has 0 aromatic heterocycles. The van der Waals surface area contributed by atoms with Crippen LogP contribution in [0.1, 0.15) is 36.3 Å². The molecule has 2 amide bonds. The third-order valence-corrected chi connectivity index (χ3v) is 6.57. The smallest absolute Gasteiger partial charge is 0.407 e. The molecule has 0 aliphatic heterocycles. The summed E-state index contributed by atoms with van der Waals surface area (Å²) in [7, 11) is 0. The average molecular weight is 490 g/mol. The number of carboxylic acids is 1. The van der Waals surface area contributed by atoms with Gasteiger partial charge in [-0.3, -0.25) is 9.59 Å². The van der Waals surface area contributed by atoms with Gasteiger partial charge in [-0.25, -0.2) is 4.79 Å². The zero-order valence-electron chi connectivity index (χ0n) is 18.7. The standard InChI is InChI=1S/C25H25F3N2O5/c26-25(27,28)21(23(32)33)12-29-22(31)11-14-9-15(10-14)30-24(34)35-13-20-18-7-3-1-5-16(18)17-6-2-4-8-19(17)20/h1-8,14-15,20-21H,9-13H2,(H,29,31)(H,30,34)(H,32,33). The Hall–Kier alpha value is -3.56. The van der Waals surface area contributed by atoms with Crippen LogP contribution in [0.2, 0.25) is 0 Å². The Morgan fingerprint density at radius 1 is 1.00 bits per heavy atom. The molecule has 186 valence electrons. The summed E-state index contributed by atoms with van der Waals surface area (Å²) in [5, 5.41) is 13.5. The molecule has 35 heavy (non-hydrogen) atoms. The van der Waals surface area contributed by atoms with Crippen molar-refractivity contribution in [3.05, 3.63) is 59.7 Å². The number of fused-ring (bicyclic) bond motifs is 3. The number of hydrogen-bond donors (Lipinski definition) is 3. The van der Waals surface area contributed by atoms with Gasteiger partial charge in [0.05, 0.1) is 0 Å². The molecule has 2 aromatic carbocycles. The van der Waals surface area contributed by atoms with Gasteiger partial charge in [0.15, 0.2) is 5.92 Å². The first kappa shape index (κ1) is 24.6. The van der Waals surface area contributed by atoms with Crippen LogP contribution in [0, 0.1) is 11.8 Å². The third-order valence-electron chi connectivity index (χ3n) is 6.57. The molecule has 1 atom stereocenters. The van der Waals surface area contributed by atoms with Crippen molar-refractivity contribution in [1.29, 1.82) is 0 Å². The number of carbonyl (C=O) groups excluding carboxylic acids is 2. The molecule has 10 heteroatoms. The zero-order valence-corrected chi connectivity index (χ0v) is 18.7. The van der Waals surface area contributed by atoms with E-state index in [0.29, 0.717) is 12.8 Å². The Kier molecular flexibility index (Phi) is 7.00. The number of alkyl carbamates (subject to hydrolysis) is 1. The fourth-order valence-corrected chi connectivity index (χ4v) is 4.72. The fraction of sp³-hybridized carbons (Fsp3) is 0.400. The lowest BCUT2D eigenvalue weighted by Gasteiger charge is -2.35. The van der Waals surface area contributed by atoms with E-state index in [0.717, 1.165) is 22.3 Å². The summed E-state index contributed by atoms with van der Waals surface area (Å²) in [5.41, 5.74) is 4.46. The molecule has 7 nitrogen and oxygen atoms in total. The lowest BCUT2D eigenvalue weighted by atomic mass is 9.78. The van der Waals surface area contributed by atoms with Crippen LogP contribution >= 0.6 is 0 Å². The quantitative estimate of drug-likeness (QED) is 0.518. The van der Waals surface area contributed by atoms with Gasteiger partial charge >= 0.3 is 18.2 Å². The minimum Gasteiger partial charge on any atom is -0.481 e. The molecule has 1 unspecified atom stereocenters. The first-order valence-corrected chi connectivity index (χ1v) is 11.3. The van der Waals surface area contributed by atoms with E-state index in [2.05, 4.69) is 5.32 Å². The normalized spacial score (nSPS) is 19.6. The average Bonchev–Trinajstić information content (AvgIpc) is 3.09. The molecule has 2 aromatic rings. The summed E-state index contributed by atoms with van der Waals surface area (Å²) in [6, 6.07) is 15.8. The molecular formula is C25H25F3N2O5. The monoisotopic (exact) mass is 490 g/mol. The molecule has 1 fully saturated rings. The topological polar surface area (TPSA) is 105 Å². The Bertz CT molecular complexity index is 1070. The summed E-state index contributed by atoms with van der Waals surface area (Å²) in [6.07, 6.45) is -4.56. The SMILES string of the molecule is O=C(CC1CC(NC(=O)OCC2c3ccccc3-c3ccccc32)C1)NCC(C(=O)O)C(F)(F)F.